The molecule has 1 heterocycles. The summed E-state index contributed by atoms with van der Waals surface area (Å²) in [6.45, 7) is 1.32. The average molecular weight is 353 g/mol. The van der Waals surface area contributed by atoms with Crippen LogP contribution in [0.1, 0.15) is 50.2 Å². The van der Waals surface area contributed by atoms with Crippen molar-refractivity contribution in [1.29, 1.82) is 0 Å². The summed E-state index contributed by atoms with van der Waals surface area (Å²) < 4.78 is 12.3. The molecule has 1 N–H and O–H groups in total. The Balaban J connectivity index is 1.89. The summed E-state index contributed by atoms with van der Waals surface area (Å²) in [5, 5.41) is 10.7. The molecule has 0 saturated carbocycles. The summed E-state index contributed by atoms with van der Waals surface area (Å²) in [6.07, 6.45) is 8.22. The number of fused-ring (bicyclic) bond motifs is 1. The predicted octanol–water partition coefficient (Wildman–Crippen LogP) is 4.53. The molecule has 1 aromatic carbocycles. The molecule has 3 nitrogen and oxygen atoms in total. The van der Waals surface area contributed by atoms with Gasteiger partial charge >= 0.3 is 0 Å². The number of halogens is 1. The van der Waals surface area contributed by atoms with Crippen LogP contribution in [0.2, 0.25) is 0 Å². The summed E-state index contributed by atoms with van der Waals surface area (Å²) in [7, 11) is 0. The molecule has 0 aromatic heterocycles. The Morgan fingerprint density at radius 2 is 1.90 bits per heavy atom. The van der Waals surface area contributed by atoms with Crippen LogP contribution in [0.15, 0.2) is 28.3 Å². The van der Waals surface area contributed by atoms with E-state index in [1.165, 1.54) is 12.8 Å². The predicted molar refractivity (Wildman–Crippen MR) is 85.9 cm³/mol. The van der Waals surface area contributed by atoms with Crippen molar-refractivity contribution in [3.8, 4) is 11.5 Å². The van der Waals surface area contributed by atoms with Gasteiger partial charge in [-0.3, -0.25) is 0 Å². The molecule has 1 aliphatic heterocycles. The fourth-order valence-electron chi connectivity index (χ4n) is 2.91. The zero-order valence-electron chi connectivity index (χ0n) is 12.1. The molecule has 3 rings (SSSR count). The number of benzene rings is 1. The van der Waals surface area contributed by atoms with E-state index in [2.05, 4.69) is 22.0 Å². The van der Waals surface area contributed by atoms with Gasteiger partial charge in [-0.05, 0) is 64.9 Å². The lowest BCUT2D eigenvalue weighted by Crippen LogP contribution is -2.03. The first-order valence-corrected chi connectivity index (χ1v) is 8.51. The van der Waals surface area contributed by atoms with Crippen molar-refractivity contribution >= 4 is 15.9 Å². The molecule has 1 unspecified atom stereocenters. The molecule has 0 amide bonds. The zero-order chi connectivity index (χ0) is 14.7. The van der Waals surface area contributed by atoms with E-state index in [9.17, 15) is 5.11 Å². The van der Waals surface area contributed by atoms with E-state index in [0.29, 0.717) is 13.2 Å². The van der Waals surface area contributed by atoms with Crippen LogP contribution < -0.4 is 9.47 Å². The molecule has 0 bridgehead atoms. The van der Waals surface area contributed by atoms with Gasteiger partial charge in [0, 0.05) is 6.42 Å². The molecule has 0 saturated heterocycles. The van der Waals surface area contributed by atoms with Gasteiger partial charge < -0.3 is 14.6 Å². The van der Waals surface area contributed by atoms with Crippen molar-refractivity contribution in [2.24, 2.45) is 0 Å². The molecular weight excluding hydrogens is 332 g/mol. The molecule has 0 spiro atoms. The number of hydrogen-bond acceptors (Lipinski definition) is 3. The van der Waals surface area contributed by atoms with Gasteiger partial charge in [0.25, 0.3) is 0 Å². The minimum atomic E-state index is -0.545. The lowest BCUT2D eigenvalue weighted by Gasteiger charge is -2.18. The molecule has 114 valence electrons. The zero-order valence-corrected chi connectivity index (χ0v) is 13.7. The first-order chi connectivity index (χ1) is 10.3. The number of rotatable bonds is 2. The molecule has 21 heavy (non-hydrogen) atoms. The average Bonchev–Trinajstić information content (AvgIpc) is 2.89. The highest BCUT2D eigenvalue weighted by atomic mass is 79.9. The molecule has 1 atom stereocenters. The smallest absolute Gasteiger partial charge is 0.175 e. The van der Waals surface area contributed by atoms with E-state index in [1.807, 2.05) is 12.1 Å². The van der Waals surface area contributed by atoms with Gasteiger partial charge in [-0.15, -0.1) is 0 Å². The molecule has 1 aliphatic carbocycles. The highest BCUT2D eigenvalue weighted by Gasteiger charge is 2.20. The van der Waals surface area contributed by atoms with E-state index in [4.69, 9.17) is 9.47 Å². The normalized spacial score (nSPS) is 20.2. The molecule has 2 aliphatic rings. The second kappa shape index (κ2) is 6.84. The monoisotopic (exact) mass is 352 g/mol. The SMILES string of the molecule is OC(C1=CCCCCC1)c1cc(Br)c2c(c1)OCCCO2. The molecule has 0 fully saturated rings. The maximum atomic E-state index is 10.7. The maximum absolute atomic E-state index is 10.7. The number of hydrogen-bond donors (Lipinski definition) is 1. The van der Waals surface area contributed by atoms with Gasteiger partial charge in [0.15, 0.2) is 11.5 Å². The Labute approximate surface area is 134 Å². The second-order valence-electron chi connectivity index (χ2n) is 5.66. The largest absolute Gasteiger partial charge is 0.490 e. The Morgan fingerprint density at radius 1 is 1.05 bits per heavy atom. The first kappa shape index (κ1) is 14.9. The molecule has 1 aromatic rings. The highest BCUT2D eigenvalue weighted by molar-refractivity contribution is 9.10. The molecular formula is C17H21BrO3. The van der Waals surface area contributed by atoms with E-state index in [-0.39, 0.29) is 0 Å². The van der Waals surface area contributed by atoms with E-state index in [1.54, 1.807) is 0 Å². The third-order valence-electron chi connectivity index (χ3n) is 4.07. The maximum Gasteiger partial charge on any atom is 0.175 e. The van der Waals surface area contributed by atoms with Crippen LogP contribution in [-0.4, -0.2) is 18.3 Å². The van der Waals surface area contributed by atoms with Crippen molar-refractivity contribution < 1.29 is 14.6 Å². The van der Waals surface area contributed by atoms with Crippen LogP contribution in [0.3, 0.4) is 0 Å². The lowest BCUT2D eigenvalue weighted by molar-refractivity contribution is 0.209. The minimum Gasteiger partial charge on any atom is -0.490 e. The van der Waals surface area contributed by atoms with Crippen molar-refractivity contribution in [3.63, 3.8) is 0 Å². The van der Waals surface area contributed by atoms with Crippen molar-refractivity contribution in [2.45, 2.75) is 44.6 Å². The summed E-state index contributed by atoms with van der Waals surface area (Å²) in [5.74, 6) is 1.48. The van der Waals surface area contributed by atoms with Crippen LogP contribution in [0.5, 0.6) is 11.5 Å². The fraction of sp³-hybridized carbons (Fsp3) is 0.529. The Hall–Kier alpha value is -1.00. The Morgan fingerprint density at radius 3 is 2.81 bits per heavy atom. The van der Waals surface area contributed by atoms with Crippen molar-refractivity contribution in [3.05, 3.63) is 33.8 Å². The van der Waals surface area contributed by atoms with Gasteiger partial charge in [-0.1, -0.05) is 12.5 Å². The van der Waals surface area contributed by atoms with Gasteiger partial charge in [-0.25, -0.2) is 0 Å². The number of ether oxygens (including phenoxy) is 2. The fourth-order valence-corrected chi connectivity index (χ4v) is 3.48. The topological polar surface area (TPSA) is 38.7 Å². The van der Waals surface area contributed by atoms with Crippen molar-refractivity contribution in [1.82, 2.24) is 0 Å². The second-order valence-corrected chi connectivity index (χ2v) is 6.52. The Kier molecular flexibility index (Phi) is 4.86. The Bertz CT molecular complexity index is 539. The summed E-state index contributed by atoms with van der Waals surface area (Å²) in [4.78, 5) is 0. The first-order valence-electron chi connectivity index (χ1n) is 7.72. The third-order valence-corrected chi connectivity index (χ3v) is 4.66. The third kappa shape index (κ3) is 3.43. The number of aliphatic hydroxyl groups excluding tert-OH is 1. The number of allylic oxidation sites excluding steroid dienone is 1. The molecule has 4 heteroatoms. The minimum absolute atomic E-state index is 0.545. The van der Waals surface area contributed by atoms with E-state index in [0.717, 1.165) is 52.8 Å². The van der Waals surface area contributed by atoms with Gasteiger partial charge in [0.05, 0.1) is 17.7 Å². The van der Waals surface area contributed by atoms with Gasteiger partial charge in [0.1, 0.15) is 6.10 Å². The van der Waals surface area contributed by atoms with Gasteiger partial charge in [-0.2, -0.15) is 0 Å². The van der Waals surface area contributed by atoms with Crippen LogP contribution >= 0.6 is 15.9 Å². The molecule has 0 radical (unpaired) electrons. The standard InChI is InChI=1S/C17H21BrO3/c18-14-10-13(11-15-17(14)21-9-5-8-20-15)16(19)12-6-3-1-2-4-7-12/h6,10-11,16,19H,1-5,7-9H2. The van der Waals surface area contributed by atoms with E-state index < -0.39 is 6.10 Å². The van der Waals surface area contributed by atoms with E-state index >= 15 is 0 Å². The van der Waals surface area contributed by atoms with Crippen LogP contribution in [0.25, 0.3) is 0 Å². The van der Waals surface area contributed by atoms with Crippen molar-refractivity contribution in [2.75, 3.05) is 13.2 Å². The van der Waals surface area contributed by atoms with Crippen LogP contribution in [0, 0.1) is 0 Å². The van der Waals surface area contributed by atoms with Gasteiger partial charge in [0.2, 0.25) is 0 Å². The highest BCUT2D eigenvalue weighted by Crippen LogP contribution is 2.41. The lowest BCUT2D eigenvalue weighted by atomic mass is 9.97. The van der Waals surface area contributed by atoms with Crippen LogP contribution in [-0.2, 0) is 0 Å². The summed E-state index contributed by atoms with van der Waals surface area (Å²) in [5.41, 5.74) is 2.01. The summed E-state index contributed by atoms with van der Waals surface area (Å²) >= 11 is 3.54. The summed E-state index contributed by atoms with van der Waals surface area (Å²) in [6, 6.07) is 3.87. The van der Waals surface area contributed by atoms with Crippen LogP contribution in [0.4, 0.5) is 0 Å². The number of aliphatic hydroxyl groups is 1. The quantitative estimate of drug-likeness (QED) is 0.794.